The second kappa shape index (κ2) is 6.58. The first-order chi connectivity index (χ1) is 12.5. The summed E-state index contributed by atoms with van der Waals surface area (Å²) in [5, 5.41) is 2.84. The number of nitrogens with zero attached hydrogens (tertiary/aromatic N) is 2. The van der Waals surface area contributed by atoms with Crippen LogP contribution in [-0.2, 0) is 16.6 Å². The SMILES string of the molecule is O=C(NCc1ccccc1)N1C[C@@H]2Oc3ncccc3S(=O)(=O)N[C@@H]2C1. The van der Waals surface area contributed by atoms with Crippen molar-refractivity contribution in [2.45, 2.75) is 23.6 Å². The minimum Gasteiger partial charge on any atom is -0.470 e. The molecule has 1 fully saturated rings. The molecule has 0 spiro atoms. The summed E-state index contributed by atoms with van der Waals surface area (Å²) in [4.78, 5) is 18.0. The largest absolute Gasteiger partial charge is 0.470 e. The van der Waals surface area contributed by atoms with Crippen LogP contribution in [0.4, 0.5) is 4.79 Å². The zero-order valence-corrected chi connectivity index (χ0v) is 14.6. The Morgan fingerprint density at radius 3 is 2.85 bits per heavy atom. The molecule has 2 aromatic rings. The van der Waals surface area contributed by atoms with E-state index in [1.165, 1.54) is 12.3 Å². The van der Waals surface area contributed by atoms with E-state index in [1.54, 1.807) is 11.0 Å². The molecule has 4 rings (SSSR count). The summed E-state index contributed by atoms with van der Waals surface area (Å²) in [7, 11) is -3.73. The van der Waals surface area contributed by atoms with Gasteiger partial charge < -0.3 is 15.0 Å². The summed E-state index contributed by atoms with van der Waals surface area (Å²) in [5.41, 5.74) is 0.990. The molecular formula is C17H18N4O4S. The van der Waals surface area contributed by atoms with Crippen molar-refractivity contribution in [1.29, 1.82) is 0 Å². The van der Waals surface area contributed by atoms with Gasteiger partial charge >= 0.3 is 6.03 Å². The second-order valence-corrected chi connectivity index (χ2v) is 7.92. The van der Waals surface area contributed by atoms with E-state index in [1.807, 2.05) is 30.3 Å². The van der Waals surface area contributed by atoms with E-state index in [0.717, 1.165) is 5.56 Å². The maximum Gasteiger partial charge on any atom is 0.317 e. The van der Waals surface area contributed by atoms with Gasteiger partial charge in [-0.05, 0) is 17.7 Å². The van der Waals surface area contributed by atoms with Gasteiger partial charge in [0.1, 0.15) is 11.0 Å². The number of rotatable bonds is 2. The van der Waals surface area contributed by atoms with E-state index in [-0.39, 0.29) is 29.9 Å². The minimum atomic E-state index is -3.73. The average Bonchev–Trinajstić information content (AvgIpc) is 2.98. The molecule has 26 heavy (non-hydrogen) atoms. The van der Waals surface area contributed by atoms with Gasteiger partial charge in [-0.2, -0.15) is 0 Å². The van der Waals surface area contributed by atoms with Crippen molar-refractivity contribution in [2.24, 2.45) is 0 Å². The summed E-state index contributed by atoms with van der Waals surface area (Å²) in [6.45, 7) is 0.921. The summed E-state index contributed by atoms with van der Waals surface area (Å²) in [5.74, 6) is 0.0686. The molecule has 0 bridgehead atoms. The first kappa shape index (κ1) is 16.8. The maximum atomic E-state index is 12.5. The van der Waals surface area contributed by atoms with Gasteiger partial charge in [0.15, 0.2) is 0 Å². The van der Waals surface area contributed by atoms with Crippen molar-refractivity contribution in [3.8, 4) is 5.88 Å². The van der Waals surface area contributed by atoms with Gasteiger partial charge in [0.25, 0.3) is 0 Å². The molecule has 2 atom stereocenters. The number of carbonyl (C=O) groups excluding carboxylic acids is 1. The van der Waals surface area contributed by atoms with Crippen LogP contribution in [-0.4, -0.2) is 49.6 Å². The highest BCUT2D eigenvalue weighted by molar-refractivity contribution is 7.89. The summed E-state index contributed by atoms with van der Waals surface area (Å²) >= 11 is 0. The number of urea groups is 1. The summed E-state index contributed by atoms with van der Waals surface area (Å²) in [6, 6.07) is 11.8. The molecule has 2 aliphatic rings. The van der Waals surface area contributed by atoms with Gasteiger partial charge in [-0.3, -0.25) is 0 Å². The molecule has 1 saturated heterocycles. The topological polar surface area (TPSA) is 101 Å². The van der Waals surface area contributed by atoms with E-state index in [4.69, 9.17) is 4.74 Å². The normalized spacial score (nSPS) is 23.3. The van der Waals surface area contributed by atoms with Crippen LogP contribution in [0.1, 0.15) is 5.56 Å². The molecule has 2 aliphatic heterocycles. The van der Waals surface area contributed by atoms with Crippen LogP contribution in [0.2, 0.25) is 0 Å². The van der Waals surface area contributed by atoms with Crippen molar-refractivity contribution in [2.75, 3.05) is 13.1 Å². The highest BCUT2D eigenvalue weighted by Crippen LogP contribution is 2.28. The standard InChI is InChI=1S/C17H18N4O4S/c22-17(19-9-12-5-2-1-3-6-12)21-10-13-14(11-21)25-16-15(7-4-8-18-16)26(23,24)20-13/h1-8,13-14,20H,9-11H2,(H,19,22)/t13-,14+/m1/s1. The average molecular weight is 374 g/mol. The highest BCUT2D eigenvalue weighted by atomic mass is 32.2. The van der Waals surface area contributed by atoms with Crippen molar-refractivity contribution < 1.29 is 17.9 Å². The molecule has 136 valence electrons. The smallest absolute Gasteiger partial charge is 0.317 e. The number of amides is 2. The number of carbonyl (C=O) groups is 1. The molecule has 0 aliphatic carbocycles. The molecule has 2 amide bonds. The zero-order valence-electron chi connectivity index (χ0n) is 13.8. The third-order valence-corrected chi connectivity index (χ3v) is 5.94. The van der Waals surface area contributed by atoms with E-state index >= 15 is 0 Å². The predicted molar refractivity (Wildman–Crippen MR) is 93.0 cm³/mol. The number of ether oxygens (including phenoxy) is 1. The highest BCUT2D eigenvalue weighted by Gasteiger charge is 2.43. The summed E-state index contributed by atoms with van der Waals surface area (Å²) in [6.07, 6.45) is 0.997. The van der Waals surface area contributed by atoms with Crippen molar-refractivity contribution in [3.05, 3.63) is 54.2 Å². The monoisotopic (exact) mass is 374 g/mol. The van der Waals surface area contributed by atoms with E-state index in [9.17, 15) is 13.2 Å². The number of fused-ring (bicyclic) bond motifs is 2. The van der Waals surface area contributed by atoms with Crippen LogP contribution in [0.15, 0.2) is 53.6 Å². The Hall–Kier alpha value is -2.65. The second-order valence-electron chi connectivity index (χ2n) is 6.24. The Morgan fingerprint density at radius 2 is 2.04 bits per heavy atom. The van der Waals surface area contributed by atoms with E-state index in [0.29, 0.717) is 6.54 Å². The van der Waals surface area contributed by atoms with Crippen molar-refractivity contribution in [1.82, 2.24) is 19.9 Å². The Labute approximate surface area is 151 Å². The molecule has 0 unspecified atom stereocenters. The Kier molecular flexibility index (Phi) is 4.25. The van der Waals surface area contributed by atoms with Gasteiger partial charge in [-0.15, -0.1) is 0 Å². The third-order valence-electron chi connectivity index (χ3n) is 4.44. The van der Waals surface area contributed by atoms with E-state index < -0.39 is 22.2 Å². The lowest BCUT2D eigenvalue weighted by Crippen LogP contribution is -2.43. The maximum absolute atomic E-state index is 12.5. The molecule has 1 aromatic heterocycles. The van der Waals surface area contributed by atoms with Crippen LogP contribution in [0.25, 0.3) is 0 Å². The van der Waals surface area contributed by atoms with Gasteiger partial charge in [0, 0.05) is 19.3 Å². The zero-order chi connectivity index (χ0) is 18.1. The predicted octanol–water partition coefficient (Wildman–Crippen LogP) is 0.715. The van der Waals surface area contributed by atoms with Gasteiger partial charge in [0.2, 0.25) is 15.9 Å². The fourth-order valence-electron chi connectivity index (χ4n) is 3.13. The number of pyridine rings is 1. The molecular weight excluding hydrogens is 356 g/mol. The van der Waals surface area contributed by atoms with Crippen LogP contribution in [0.3, 0.4) is 0 Å². The van der Waals surface area contributed by atoms with Gasteiger partial charge in [-0.25, -0.2) is 22.9 Å². The Balaban J connectivity index is 1.46. The molecule has 8 nitrogen and oxygen atoms in total. The number of likely N-dealkylation sites (tertiary alicyclic amines) is 1. The molecule has 0 saturated carbocycles. The Morgan fingerprint density at radius 1 is 1.23 bits per heavy atom. The number of sulfonamides is 1. The molecule has 0 radical (unpaired) electrons. The number of benzene rings is 1. The van der Waals surface area contributed by atoms with Crippen molar-refractivity contribution >= 4 is 16.1 Å². The molecule has 3 heterocycles. The van der Waals surface area contributed by atoms with E-state index in [2.05, 4.69) is 15.0 Å². The lowest BCUT2D eigenvalue weighted by molar-refractivity contribution is 0.174. The first-order valence-corrected chi connectivity index (χ1v) is 9.72. The van der Waals surface area contributed by atoms with Gasteiger partial charge in [0.05, 0.1) is 12.6 Å². The first-order valence-electron chi connectivity index (χ1n) is 8.24. The lowest BCUT2D eigenvalue weighted by atomic mass is 10.2. The fraction of sp³-hybridized carbons (Fsp3) is 0.294. The number of aromatic nitrogens is 1. The Bertz CT molecular complexity index is 919. The van der Waals surface area contributed by atoms with Crippen LogP contribution in [0.5, 0.6) is 5.88 Å². The number of nitrogens with one attached hydrogen (secondary N) is 2. The third kappa shape index (κ3) is 3.23. The lowest BCUT2D eigenvalue weighted by Gasteiger charge is -2.18. The van der Waals surface area contributed by atoms with Gasteiger partial charge in [-0.1, -0.05) is 30.3 Å². The molecule has 2 N–H and O–H groups in total. The fourth-order valence-corrected chi connectivity index (χ4v) is 4.47. The minimum absolute atomic E-state index is 0.0227. The van der Waals surface area contributed by atoms with Crippen LogP contribution in [0, 0.1) is 0 Å². The number of hydrogen-bond acceptors (Lipinski definition) is 5. The quantitative estimate of drug-likeness (QED) is 0.807. The van der Waals surface area contributed by atoms with Crippen molar-refractivity contribution in [3.63, 3.8) is 0 Å². The molecule has 1 aromatic carbocycles. The summed E-state index contributed by atoms with van der Waals surface area (Å²) < 4.78 is 33.3. The van der Waals surface area contributed by atoms with Crippen LogP contribution < -0.4 is 14.8 Å². The molecule has 9 heteroatoms. The van der Waals surface area contributed by atoms with Crippen LogP contribution >= 0.6 is 0 Å². The number of hydrogen-bond donors (Lipinski definition) is 2.